The zero-order valence-corrected chi connectivity index (χ0v) is 13.9. The number of hydrogen-bond acceptors (Lipinski definition) is 3. The lowest BCUT2D eigenvalue weighted by molar-refractivity contribution is 0.101. The third kappa shape index (κ3) is 3.35. The van der Waals surface area contributed by atoms with Crippen LogP contribution in [0.25, 0.3) is 17.1 Å². The highest BCUT2D eigenvalue weighted by Gasteiger charge is 2.20. The van der Waals surface area contributed by atoms with Crippen LogP contribution in [0.15, 0.2) is 77.4 Å². The maximum absolute atomic E-state index is 13.9. The van der Waals surface area contributed by atoms with Crippen molar-refractivity contribution in [2.75, 3.05) is 5.32 Å². The van der Waals surface area contributed by atoms with E-state index in [1.807, 2.05) is 6.07 Å². The molecule has 7 heteroatoms. The van der Waals surface area contributed by atoms with Crippen LogP contribution in [0.3, 0.4) is 0 Å². The molecule has 4 aromatic rings. The van der Waals surface area contributed by atoms with Crippen molar-refractivity contribution in [1.82, 2.24) is 9.78 Å². The van der Waals surface area contributed by atoms with Crippen LogP contribution in [0, 0.1) is 11.6 Å². The van der Waals surface area contributed by atoms with E-state index in [9.17, 15) is 13.6 Å². The first-order valence-electron chi connectivity index (χ1n) is 8.07. The number of benzene rings is 2. The lowest BCUT2D eigenvalue weighted by atomic mass is 10.2. The quantitative estimate of drug-likeness (QED) is 0.572. The van der Waals surface area contributed by atoms with Crippen molar-refractivity contribution in [2.45, 2.75) is 0 Å². The van der Waals surface area contributed by atoms with Gasteiger partial charge in [-0.2, -0.15) is 5.10 Å². The van der Waals surface area contributed by atoms with Crippen LogP contribution in [-0.2, 0) is 0 Å². The fourth-order valence-electron chi connectivity index (χ4n) is 2.63. The Hall–Kier alpha value is -3.74. The van der Waals surface area contributed by atoms with Crippen LogP contribution < -0.4 is 5.32 Å². The van der Waals surface area contributed by atoms with Crippen LogP contribution in [-0.4, -0.2) is 15.7 Å². The van der Waals surface area contributed by atoms with Crippen molar-refractivity contribution >= 4 is 11.6 Å². The third-order valence-corrected chi connectivity index (χ3v) is 3.89. The Balaban J connectivity index is 1.76. The molecule has 0 aliphatic heterocycles. The molecule has 0 aliphatic carbocycles. The van der Waals surface area contributed by atoms with Crippen LogP contribution in [0.5, 0.6) is 0 Å². The van der Waals surface area contributed by atoms with E-state index in [-0.39, 0.29) is 11.4 Å². The lowest BCUT2D eigenvalue weighted by Crippen LogP contribution is -2.17. The summed E-state index contributed by atoms with van der Waals surface area (Å²) in [5.74, 6) is -1.54. The van der Waals surface area contributed by atoms with E-state index in [0.717, 1.165) is 18.2 Å². The van der Waals surface area contributed by atoms with E-state index >= 15 is 0 Å². The van der Waals surface area contributed by atoms with Crippen molar-refractivity contribution in [3.63, 3.8) is 0 Å². The van der Waals surface area contributed by atoms with Gasteiger partial charge in [0.1, 0.15) is 23.0 Å². The number of aromatic nitrogens is 2. The molecule has 2 aromatic heterocycles. The average molecular weight is 365 g/mol. The van der Waals surface area contributed by atoms with E-state index in [0.29, 0.717) is 17.1 Å². The first-order chi connectivity index (χ1) is 13.1. The predicted molar refractivity (Wildman–Crippen MR) is 95.6 cm³/mol. The summed E-state index contributed by atoms with van der Waals surface area (Å²) in [6.45, 7) is 0. The van der Waals surface area contributed by atoms with Gasteiger partial charge in [-0.05, 0) is 36.4 Å². The highest BCUT2D eigenvalue weighted by atomic mass is 19.1. The van der Waals surface area contributed by atoms with Gasteiger partial charge in [0.15, 0.2) is 5.76 Å². The van der Waals surface area contributed by atoms with Gasteiger partial charge in [-0.15, -0.1) is 0 Å². The SMILES string of the molecule is O=C(Nc1cc(F)ccc1F)c1cc(-c2ccco2)nn1-c1ccccc1. The van der Waals surface area contributed by atoms with Crippen molar-refractivity contribution in [3.05, 3.63) is 90.3 Å². The van der Waals surface area contributed by atoms with Crippen LogP contribution >= 0.6 is 0 Å². The molecule has 4 rings (SSSR count). The molecule has 1 N–H and O–H groups in total. The number of amides is 1. The van der Waals surface area contributed by atoms with Crippen molar-refractivity contribution in [2.24, 2.45) is 0 Å². The molecule has 0 radical (unpaired) electrons. The molecule has 5 nitrogen and oxygen atoms in total. The number of furan rings is 1. The lowest BCUT2D eigenvalue weighted by Gasteiger charge is -2.09. The highest BCUT2D eigenvalue weighted by Crippen LogP contribution is 2.23. The summed E-state index contributed by atoms with van der Waals surface area (Å²) in [5.41, 5.74) is 0.977. The Bertz CT molecular complexity index is 1090. The molecule has 0 saturated carbocycles. The fraction of sp³-hybridized carbons (Fsp3) is 0. The molecular formula is C20H13F2N3O2. The number of anilines is 1. The zero-order chi connectivity index (χ0) is 18.8. The molecule has 134 valence electrons. The Morgan fingerprint density at radius 1 is 1.00 bits per heavy atom. The average Bonchev–Trinajstić information content (AvgIpc) is 3.35. The van der Waals surface area contributed by atoms with Crippen LogP contribution in [0.4, 0.5) is 14.5 Å². The first-order valence-corrected chi connectivity index (χ1v) is 8.07. The molecule has 0 aliphatic rings. The zero-order valence-electron chi connectivity index (χ0n) is 13.9. The summed E-state index contributed by atoms with van der Waals surface area (Å²) in [4.78, 5) is 12.8. The summed E-state index contributed by atoms with van der Waals surface area (Å²) in [6.07, 6.45) is 1.50. The van der Waals surface area contributed by atoms with Crippen molar-refractivity contribution in [3.8, 4) is 17.1 Å². The van der Waals surface area contributed by atoms with Gasteiger partial charge in [-0.3, -0.25) is 4.79 Å². The predicted octanol–water partition coefficient (Wildman–Crippen LogP) is 4.66. The van der Waals surface area contributed by atoms with Gasteiger partial charge >= 0.3 is 0 Å². The van der Waals surface area contributed by atoms with E-state index in [4.69, 9.17) is 4.42 Å². The Morgan fingerprint density at radius 3 is 2.56 bits per heavy atom. The van der Waals surface area contributed by atoms with E-state index in [1.54, 1.807) is 36.4 Å². The second-order valence-electron chi connectivity index (χ2n) is 5.72. The maximum Gasteiger partial charge on any atom is 0.274 e. The molecule has 0 spiro atoms. The Labute approximate surface area is 152 Å². The summed E-state index contributed by atoms with van der Waals surface area (Å²) >= 11 is 0. The number of halogens is 2. The normalized spacial score (nSPS) is 10.7. The number of rotatable bonds is 4. The minimum absolute atomic E-state index is 0.149. The molecule has 0 saturated heterocycles. The maximum atomic E-state index is 13.9. The number of carbonyl (C=O) groups excluding carboxylic acids is 1. The topological polar surface area (TPSA) is 60.1 Å². The summed E-state index contributed by atoms with van der Waals surface area (Å²) < 4.78 is 34.0. The molecule has 2 heterocycles. The third-order valence-electron chi connectivity index (χ3n) is 3.89. The Morgan fingerprint density at radius 2 is 1.81 bits per heavy atom. The smallest absolute Gasteiger partial charge is 0.274 e. The number of carbonyl (C=O) groups is 1. The van der Waals surface area contributed by atoms with Crippen molar-refractivity contribution < 1.29 is 18.0 Å². The standard InChI is InChI=1S/C20H13F2N3O2/c21-13-8-9-15(22)16(11-13)23-20(26)18-12-17(19-7-4-10-27-19)24-25(18)14-5-2-1-3-6-14/h1-12H,(H,23,26). The summed E-state index contributed by atoms with van der Waals surface area (Å²) in [6, 6.07) is 16.8. The molecule has 1 amide bonds. The number of para-hydroxylation sites is 1. The summed E-state index contributed by atoms with van der Waals surface area (Å²) in [7, 11) is 0. The second-order valence-corrected chi connectivity index (χ2v) is 5.72. The number of hydrogen-bond donors (Lipinski definition) is 1. The van der Waals surface area contributed by atoms with Gasteiger partial charge in [0.2, 0.25) is 0 Å². The van der Waals surface area contributed by atoms with Gasteiger partial charge < -0.3 is 9.73 Å². The van der Waals surface area contributed by atoms with Gasteiger partial charge in [-0.25, -0.2) is 13.5 Å². The minimum atomic E-state index is -0.734. The van der Waals surface area contributed by atoms with Gasteiger partial charge in [0, 0.05) is 12.1 Å². The first kappa shape index (κ1) is 16.7. The second kappa shape index (κ2) is 6.87. The van der Waals surface area contributed by atoms with Crippen LogP contribution in [0.1, 0.15) is 10.5 Å². The van der Waals surface area contributed by atoms with E-state index < -0.39 is 17.5 Å². The number of nitrogens with one attached hydrogen (secondary N) is 1. The molecule has 0 fully saturated rings. The molecule has 0 atom stereocenters. The largest absolute Gasteiger partial charge is 0.463 e. The van der Waals surface area contributed by atoms with Gasteiger partial charge in [0.25, 0.3) is 5.91 Å². The van der Waals surface area contributed by atoms with Crippen LogP contribution in [0.2, 0.25) is 0 Å². The van der Waals surface area contributed by atoms with Gasteiger partial charge in [-0.1, -0.05) is 18.2 Å². The summed E-state index contributed by atoms with van der Waals surface area (Å²) in [5, 5.41) is 6.81. The van der Waals surface area contributed by atoms with E-state index in [2.05, 4.69) is 10.4 Å². The van der Waals surface area contributed by atoms with Gasteiger partial charge in [0.05, 0.1) is 17.6 Å². The molecular weight excluding hydrogens is 352 g/mol. The molecule has 0 bridgehead atoms. The molecule has 27 heavy (non-hydrogen) atoms. The number of nitrogens with zero attached hydrogens (tertiary/aromatic N) is 2. The highest BCUT2D eigenvalue weighted by molar-refractivity contribution is 6.04. The Kier molecular flexibility index (Phi) is 4.25. The molecule has 2 aromatic carbocycles. The minimum Gasteiger partial charge on any atom is -0.463 e. The van der Waals surface area contributed by atoms with E-state index in [1.165, 1.54) is 17.0 Å². The molecule has 0 unspecified atom stereocenters. The van der Waals surface area contributed by atoms with Crippen molar-refractivity contribution in [1.29, 1.82) is 0 Å². The fourth-order valence-corrected chi connectivity index (χ4v) is 2.63. The monoisotopic (exact) mass is 365 g/mol.